The van der Waals surface area contributed by atoms with Crippen LogP contribution in [0.5, 0.6) is 0 Å². The first-order valence-electron chi connectivity index (χ1n) is 9.54. The number of aliphatic hydroxyl groups is 1. The zero-order chi connectivity index (χ0) is 19.7. The number of hydrogen-bond donors (Lipinski definition) is 1. The topological polar surface area (TPSA) is 80.4 Å². The second-order valence-corrected chi connectivity index (χ2v) is 7.36. The molecule has 1 amide bonds. The zero-order valence-electron chi connectivity index (χ0n) is 15.9. The number of imidazole rings is 1. The highest BCUT2D eigenvalue weighted by molar-refractivity contribution is 6.10. The Kier molecular flexibility index (Phi) is 5.00. The molecule has 0 aliphatic heterocycles. The van der Waals surface area contributed by atoms with Gasteiger partial charge in [0.2, 0.25) is 5.91 Å². The van der Waals surface area contributed by atoms with E-state index in [1.165, 1.54) is 0 Å². The number of aromatic nitrogens is 3. The van der Waals surface area contributed by atoms with E-state index < -0.39 is 0 Å². The SMILES string of the molecule is Cn1cncc1CN(CCO)C(=O)Cn1cc(C(=O)C2CC2)c2ccccc21. The summed E-state index contributed by atoms with van der Waals surface area (Å²) in [5.74, 6) is 0.191. The summed E-state index contributed by atoms with van der Waals surface area (Å²) in [6, 6.07) is 7.70. The van der Waals surface area contributed by atoms with Crippen LogP contribution in [0.3, 0.4) is 0 Å². The van der Waals surface area contributed by atoms with Crippen LogP contribution in [0.25, 0.3) is 10.9 Å². The van der Waals surface area contributed by atoms with Gasteiger partial charge in [0, 0.05) is 48.4 Å². The van der Waals surface area contributed by atoms with Gasteiger partial charge in [0.25, 0.3) is 0 Å². The first-order valence-corrected chi connectivity index (χ1v) is 9.54. The number of amides is 1. The van der Waals surface area contributed by atoms with Gasteiger partial charge in [-0.05, 0) is 18.9 Å². The number of benzene rings is 1. The Morgan fingerprint density at radius 1 is 1.29 bits per heavy atom. The number of aryl methyl sites for hydroxylation is 1. The lowest BCUT2D eigenvalue weighted by atomic mass is 10.1. The second-order valence-electron chi connectivity index (χ2n) is 7.36. The predicted octanol–water partition coefficient (Wildman–Crippen LogP) is 1.99. The zero-order valence-corrected chi connectivity index (χ0v) is 15.9. The minimum atomic E-state index is -0.110. The molecule has 0 spiro atoms. The first kappa shape index (κ1) is 18.4. The van der Waals surface area contributed by atoms with Gasteiger partial charge in [0.1, 0.15) is 6.54 Å². The van der Waals surface area contributed by atoms with Crippen molar-refractivity contribution in [1.29, 1.82) is 0 Å². The van der Waals surface area contributed by atoms with Crippen LogP contribution in [0.1, 0.15) is 28.9 Å². The molecule has 0 atom stereocenters. The van der Waals surface area contributed by atoms with Gasteiger partial charge in [0.15, 0.2) is 5.78 Å². The second kappa shape index (κ2) is 7.59. The molecule has 1 saturated carbocycles. The monoisotopic (exact) mass is 380 g/mol. The normalized spacial score (nSPS) is 13.8. The fourth-order valence-corrected chi connectivity index (χ4v) is 3.53. The van der Waals surface area contributed by atoms with E-state index in [0.29, 0.717) is 12.1 Å². The van der Waals surface area contributed by atoms with Crippen molar-refractivity contribution in [1.82, 2.24) is 19.0 Å². The molecule has 1 aliphatic carbocycles. The van der Waals surface area contributed by atoms with Crippen molar-refractivity contribution in [3.8, 4) is 0 Å². The average molecular weight is 380 g/mol. The Labute approximate surface area is 163 Å². The number of fused-ring (bicyclic) bond motifs is 1. The maximum atomic E-state index is 13.0. The summed E-state index contributed by atoms with van der Waals surface area (Å²) < 4.78 is 3.70. The van der Waals surface area contributed by atoms with Crippen LogP contribution in [0.2, 0.25) is 0 Å². The number of Topliss-reactive ketones (excluding diaryl/α,β-unsaturated/α-hetero) is 1. The van der Waals surface area contributed by atoms with Gasteiger partial charge in [0.05, 0.1) is 25.2 Å². The summed E-state index contributed by atoms with van der Waals surface area (Å²) in [4.78, 5) is 31.3. The van der Waals surface area contributed by atoms with E-state index in [0.717, 1.165) is 29.4 Å². The largest absolute Gasteiger partial charge is 0.395 e. The number of rotatable bonds is 8. The Bertz CT molecular complexity index is 1020. The van der Waals surface area contributed by atoms with Gasteiger partial charge in [-0.25, -0.2) is 4.98 Å². The summed E-state index contributed by atoms with van der Waals surface area (Å²) in [7, 11) is 1.87. The number of nitrogens with zero attached hydrogens (tertiary/aromatic N) is 4. The maximum Gasteiger partial charge on any atom is 0.242 e. The van der Waals surface area contributed by atoms with Crippen LogP contribution >= 0.6 is 0 Å². The smallest absolute Gasteiger partial charge is 0.242 e. The molecule has 3 aromatic rings. The van der Waals surface area contributed by atoms with E-state index >= 15 is 0 Å². The molecule has 2 aromatic heterocycles. The quantitative estimate of drug-likeness (QED) is 0.606. The van der Waals surface area contributed by atoms with Gasteiger partial charge in [-0.1, -0.05) is 18.2 Å². The van der Waals surface area contributed by atoms with Crippen LogP contribution in [0.4, 0.5) is 0 Å². The number of carbonyl (C=O) groups excluding carboxylic acids is 2. The summed E-state index contributed by atoms with van der Waals surface area (Å²) in [6.45, 7) is 0.637. The lowest BCUT2D eigenvalue weighted by Crippen LogP contribution is -2.36. The highest BCUT2D eigenvalue weighted by atomic mass is 16.3. The van der Waals surface area contributed by atoms with E-state index in [1.807, 2.05) is 46.6 Å². The third kappa shape index (κ3) is 3.57. The van der Waals surface area contributed by atoms with E-state index in [1.54, 1.807) is 17.4 Å². The van der Waals surface area contributed by atoms with Crippen molar-refractivity contribution in [3.63, 3.8) is 0 Å². The summed E-state index contributed by atoms with van der Waals surface area (Å²) in [6.07, 6.45) is 7.12. The molecule has 1 N–H and O–H groups in total. The number of para-hydroxylation sites is 1. The molecule has 7 nitrogen and oxygen atoms in total. The van der Waals surface area contributed by atoms with Crippen LogP contribution in [-0.4, -0.2) is 49.0 Å². The Balaban J connectivity index is 1.60. The number of carbonyl (C=O) groups is 2. The molecule has 1 fully saturated rings. The molecule has 0 bridgehead atoms. The Morgan fingerprint density at radius 3 is 2.75 bits per heavy atom. The molecule has 0 unspecified atom stereocenters. The summed E-state index contributed by atoms with van der Waals surface area (Å²) in [5.41, 5.74) is 2.47. The van der Waals surface area contributed by atoms with Gasteiger partial charge in [-0.2, -0.15) is 0 Å². The fourth-order valence-electron chi connectivity index (χ4n) is 3.53. The first-order chi connectivity index (χ1) is 13.6. The number of ketones is 1. The molecule has 1 aromatic carbocycles. The lowest BCUT2D eigenvalue weighted by molar-refractivity contribution is -0.133. The molecule has 2 heterocycles. The third-order valence-corrected chi connectivity index (χ3v) is 5.30. The highest BCUT2D eigenvalue weighted by Gasteiger charge is 2.32. The molecular formula is C21H24N4O3. The van der Waals surface area contributed by atoms with E-state index in [2.05, 4.69) is 4.98 Å². The molecular weight excluding hydrogens is 356 g/mol. The van der Waals surface area contributed by atoms with Crippen molar-refractivity contribution in [2.24, 2.45) is 13.0 Å². The molecule has 7 heteroatoms. The minimum Gasteiger partial charge on any atom is -0.395 e. The number of hydrogen-bond acceptors (Lipinski definition) is 4. The summed E-state index contributed by atoms with van der Waals surface area (Å²) >= 11 is 0. The fraction of sp³-hybridized carbons (Fsp3) is 0.381. The van der Waals surface area contributed by atoms with Crippen LogP contribution in [0.15, 0.2) is 43.0 Å². The lowest BCUT2D eigenvalue weighted by Gasteiger charge is -2.22. The molecule has 28 heavy (non-hydrogen) atoms. The van der Waals surface area contributed by atoms with Crippen molar-refractivity contribution in [2.45, 2.75) is 25.9 Å². The van der Waals surface area contributed by atoms with Crippen LogP contribution in [0, 0.1) is 5.92 Å². The van der Waals surface area contributed by atoms with Gasteiger partial charge < -0.3 is 19.1 Å². The van der Waals surface area contributed by atoms with Crippen LogP contribution in [-0.2, 0) is 24.9 Å². The maximum absolute atomic E-state index is 13.0. The van der Waals surface area contributed by atoms with Gasteiger partial charge in [-0.3, -0.25) is 9.59 Å². The summed E-state index contributed by atoms with van der Waals surface area (Å²) in [5, 5.41) is 10.3. The van der Waals surface area contributed by atoms with Crippen molar-refractivity contribution >= 4 is 22.6 Å². The van der Waals surface area contributed by atoms with Crippen molar-refractivity contribution in [2.75, 3.05) is 13.2 Å². The standard InChI is InChI=1S/C21H24N4O3/c1-23-14-22-10-16(23)11-24(8-9-26)20(27)13-25-12-18(21(28)15-6-7-15)17-4-2-3-5-19(17)25/h2-5,10,12,14-15,26H,6-9,11,13H2,1H3. The predicted molar refractivity (Wildman–Crippen MR) is 105 cm³/mol. The van der Waals surface area contributed by atoms with Gasteiger partial charge in [-0.15, -0.1) is 0 Å². The molecule has 0 saturated heterocycles. The van der Waals surface area contributed by atoms with E-state index in [9.17, 15) is 14.7 Å². The molecule has 146 valence electrons. The van der Waals surface area contributed by atoms with E-state index in [4.69, 9.17) is 0 Å². The molecule has 1 aliphatic rings. The van der Waals surface area contributed by atoms with Crippen molar-refractivity contribution in [3.05, 3.63) is 54.2 Å². The Hall–Kier alpha value is -2.93. The Morgan fingerprint density at radius 2 is 2.07 bits per heavy atom. The average Bonchev–Trinajstić information content (AvgIpc) is 3.38. The van der Waals surface area contributed by atoms with Crippen LogP contribution < -0.4 is 0 Å². The van der Waals surface area contributed by atoms with Crippen molar-refractivity contribution < 1.29 is 14.7 Å². The third-order valence-electron chi connectivity index (χ3n) is 5.30. The minimum absolute atomic E-state index is 0.110. The molecule has 0 radical (unpaired) electrons. The van der Waals surface area contributed by atoms with E-state index in [-0.39, 0.29) is 37.3 Å². The van der Waals surface area contributed by atoms with Gasteiger partial charge >= 0.3 is 0 Å². The highest BCUT2D eigenvalue weighted by Crippen LogP contribution is 2.35. The molecule has 4 rings (SSSR count). The number of aliphatic hydroxyl groups excluding tert-OH is 1.